The summed E-state index contributed by atoms with van der Waals surface area (Å²) in [7, 11) is 0. The second-order valence-electron chi connectivity index (χ2n) is 4.33. The van der Waals surface area contributed by atoms with Crippen molar-refractivity contribution in [3.05, 3.63) is 11.7 Å². The molecule has 0 atom stereocenters. The molecule has 1 fully saturated rings. The van der Waals surface area contributed by atoms with Crippen molar-refractivity contribution in [3.63, 3.8) is 0 Å². The van der Waals surface area contributed by atoms with E-state index >= 15 is 0 Å². The summed E-state index contributed by atoms with van der Waals surface area (Å²) in [6, 6.07) is 0.173. The third-order valence-electron chi connectivity index (χ3n) is 2.38. The molecule has 16 heavy (non-hydrogen) atoms. The van der Waals surface area contributed by atoms with Crippen molar-refractivity contribution < 1.29 is 14.0 Å². The second kappa shape index (κ2) is 4.48. The molecule has 6 nitrogen and oxygen atoms in total. The van der Waals surface area contributed by atoms with Gasteiger partial charge in [-0.05, 0) is 13.8 Å². The van der Waals surface area contributed by atoms with E-state index in [1.807, 2.05) is 13.8 Å². The van der Waals surface area contributed by atoms with E-state index in [0.717, 1.165) is 0 Å². The van der Waals surface area contributed by atoms with E-state index in [0.29, 0.717) is 31.5 Å². The molecule has 0 aliphatic carbocycles. The van der Waals surface area contributed by atoms with Gasteiger partial charge < -0.3 is 19.3 Å². The molecule has 0 aromatic carbocycles. The van der Waals surface area contributed by atoms with Crippen molar-refractivity contribution >= 4 is 0 Å². The summed E-state index contributed by atoms with van der Waals surface area (Å²) in [4.78, 5) is 4.10. The van der Waals surface area contributed by atoms with Crippen molar-refractivity contribution in [1.29, 1.82) is 0 Å². The van der Waals surface area contributed by atoms with Gasteiger partial charge >= 0.3 is 0 Å². The van der Waals surface area contributed by atoms with Crippen LogP contribution in [0.2, 0.25) is 0 Å². The quantitative estimate of drug-likeness (QED) is 0.816. The monoisotopic (exact) mass is 227 g/mol. The number of hydrogen-bond donors (Lipinski definition) is 1. The van der Waals surface area contributed by atoms with Crippen LogP contribution in [0.4, 0.5) is 0 Å². The molecule has 0 spiro atoms. The van der Waals surface area contributed by atoms with Crippen LogP contribution in [0.15, 0.2) is 4.52 Å². The smallest absolute Gasteiger partial charge is 0.223 e. The van der Waals surface area contributed by atoms with Crippen molar-refractivity contribution in [2.24, 2.45) is 0 Å². The Bertz CT molecular complexity index is 341. The summed E-state index contributed by atoms with van der Waals surface area (Å²) in [5.41, 5.74) is 0. The molecule has 2 rings (SSSR count). The average molecular weight is 227 g/mol. The number of nitrogens with zero attached hydrogens (tertiary/aromatic N) is 2. The lowest BCUT2D eigenvalue weighted by Crippen LogP contribution is -2.48. The van der Waals surface area contributed by atoms with Crippen molar-refractivity contribution in [2.45, 2.75) is 39.1 Å². The highest BCUT2D eigenvalue weighted by atomic mass is 16.7. The topological polar surface area (TPSA) is 69.4 Å². The summed E-state index contributed by atoms with van der Waals surface area (Å²) >= 11 is 0. The van der Waals surface area contributed by atoms with E-state index in [1.165, 1.54) is 0 Å². The van der Waals surface area contributed by atoms with Gasteiger partial charge in [0.2, 0.25) is 5.89 Å². The molecule has 1 aliphatic heterocycles. The average Bonchev–Trinajstić information content (AvgIpc) is 2.63. The first-order valence-corrected chi connectivity index (χ1v) is 5.36. The zero-order valence-corrected chi connectivity index (χ0v) is 9.82. The second-order valence-corrected chi connectivity index (χ2v) is 4.33. The molecule has 1 saturated heterocycles. The molecule has 0 saturated carbocycles. The number of hydrogen-bond acceptors (Lipinski definition) is 6. The molecule has 0 unspecified atom stereocenters. The lowest BCUT2D eigenvalue weighted by molar-refractivity contribution is -0.253. The minimum absolute atomic E-state index is 0.173. The molecule has 1 aromatic rings. The molecule has 0 amide bonds. The predicted octanol–water partition coefficient (Wildman–Crippen LogP) is 0.619. The molecule has 90 valence electrons. The van der Waals surface area contributed by atoms with E-state index in [9.17, 15) is 0 Å². The molecular weight excluding hydrogens is 210 g/mol. The maximum atomic E-state index is 5.52. The van der Waals surface area contributed by atoms with Gasteiger partial charge in [-0.3, -0.25) is 0 Å². The SMILES string of the molecule is Cc1nc(CNC2COC(C)(C)OC2)no1. The number of ether oxygens (including phenoxy) is 2. The first kappa shape index (κ1) is 11.5. The summed E-state index contributed by atoms with van der Waals surface area (Å²) in [6.07, 6.45) is 0. The minimum atomic E-state index is -0.471. The molecule has 0 radical (unpaired) electrons. The summed E-state index contributed by atoms with van der Waals surface area (Å²) in [5, 5.41) is 7.05. The molecule has 2 heterocycles. The van der Waals surface area contributed by atoms with Crippen LogP contribution < -0.4 is 5.32 Å². The Kier molecular flexibility index (Phi) is 3.22. The van der Waals surface area contributed by atoms with Gasteiger partial charge in [0, 0.05) is 6.92 Å². The highest BCUT2D eigenvalue weighted by Crippen LogP contribution is 2.16. The first-order chi connectivity index (χ1) is 7.55. The van der Waals surface area contributed by atoms with Crippen LogP contribution in [0.25, 0.3) is 0 Å². The number of aromatic nitrogens is 2. The van der Waals surface area contributed by atoms with E-state index in [1.54, 1.807) is 6.92 Å². The maximum Gasteiger partial charge on any atom is 0.223 e. The van der Waals surface area contributed by atoms with E-state index in [-0.39, 0.29) is 6.04 Å². The van der Waals surface area contributed by atoms with Crippen LogP contribution in [-0.2, 0) is 16.0 Å². The normalized spacial score (nSPS) is 21.2. The Labute approximate surface area is 94.3 Å². The zero-order chi connectivity index (χ0) is 11.6. The molecule has 1 aromatic heterocycles. The van der Waals surface area contributed by atoms with Gasteiger partial charge in [0.15, 0.2) is 11.6 Å². The van der Waals surface area contributed by atoms with Crippen LogP contribution in [0, 0.1) is 6.92 Å². The van der Waals surface area contributed by atoms with Crippen LogP contribution in [0.5, 0.6) is 0 Å². The van der Waals surface area contributed by atoms with Crippen LogP contribution >= 0.6 is 0 Å². The van der Waals surface area contributed by atoms with Crippen molar-refractivity contribution in [2.75, 3.05) is 13.2 Å². The van der Waals surface area contributed by atoms with Crippen LogP contribution in [0.3, 0.4) is 0 Å². The van der Waals surface area contributed by atoms with Crippen LogP contribution in [0.1, 0.15) is 25.6 Å². The number of aryl methyl sites for hydroxylation is 1. The summed E-state index contributed by atoms with van der Waals surface area (Å²) in [5.74, 6) is 0.761. The van der Waals surface area contributed by atoms with Gasteiger partial charge in [-0.25, -0.2) is 0 Å². The standard InChI is InChI=1S/C10H17N3O3/c1-7-12-9(13-16-7)4-11-8-5-14-10(2,3)15-6-8/h8,11H,4-6H2,1-3H3. The van der Waals surface area contributed by atoms with Gasteiger partial charge in [0.05, 0.1) is 25.8 Å². The Morgan fingerprint density at radius 1 is 1.38 bits per heavy atom. The van der Waals surface area contributed by atoms with E-state index < -0.39 is 5.79 Å². The fourth-order valence-corrected chi connectivity index (χ4v) is 1.46. The molecule has 6 heteroatoms. The first-order valence-electron chi connectivity index (χ1n) is 5.36. The lowest BCUT2D eigenvalue weighted by atomic mass is 10.2. The van der Waals surface area contributed by atoms with Gasteiger partial charge in [-0.1, -0.05) is 5.16 Å². The number of rotatable bonds is 3. The predicted molar refractivity (Wildman–Crippen MR) is 55.6 cm³/mol. The van der Waals surface area contributed by atoms with Gasteiger partial charge in [-0.15, -0.1) is 0 Å². The lowest BCUT2D eigenvalue weighted by Gasteiger charge is -2.35. The third-order valence-corrected chi connectivity index (χ3v) is 2.38. The van der Waals surface area contributed by atoms with E-state index in [2.05, 4.69) is 15.5 Å². The van der Waals surface area contributed by atoms with Gasteiger partial charge in [0.1, 0.15) is 0 Å². The van der Waals surface area contributed by atoms with E-state index in [4.69, 9.17) is 14.0 Å². The summed E-state index contributed by atoms with van der Waals surface area (Å²) in [6.45, 7) is 7.41. The largest absolute Gasteiger partial charge is 0.349 e. The number of nitrogens with one attached hydrogen (secondary N) is 1. The molecule has 1 aliphatic rings. The molecule has 1 N–H and O–H groups in total. The Morgan fingerprint density at radius 3 is 2.62 bits per heavy atom. The highest BCUT2D eigenvalue weighted by Gasteiger charge is 2.28. The maximum absolute atomic E-state index is 5.52. The highest BCUT2D eigenvalue weighted by molar-refractivity contribution is 4.84. The zero-order valence-electron chi connectivity index (χ0n) is 9.82. The van der Waals surface area contributed by atoms with Crippen LogP contribution in [-0.4, -0.2) is 35.2 Å². The Balaban J connectivity index is 1.75. The Morgan fingerprint density at radius 2 is 2.06 bits per heavy atom. The van der Waals surface area contributed by atoms with Gasteiger partial charge in [0.25, 0.3) is 0 Å². The third kappa shape index (κ3) is 3.01. The molecule has 0 bridgehead atoms. The molecular formula is C10H17N3O3. The van der Waals surface area contributed by atoms with Gasteiger partial charge in [-0.2, -0.15) is 4.98 Å². The Hall–Kier alpha value is -0.980. The fraction of sp³-hybridized carbons (Fsp3) is 0.800. The van der Waals surface area contributed by atoms with Crippen molar-refractivity contribution in [3.8, 4) is 0 Å². The fourth-order valence-electron chi connectivity index (χ4n) is 1.46. The van der Waals surface area contributed by atoms with Crippen molar-refractivity contribution in [1.82, 2.24) is 15.5 Å². The summed E-state index contributed by atoms with van der Waals surface area (Å²) < 4.78 is 15.9. The minimum Gasteiger partial charge on any atom is -0.349 e.